The topological polar surface area (TPSA) is 57.9 Å². The molecular weight excluding hydrogens is 269 g/mol. The molecule has 0 aliphatic heterocycles. The number of hydrogen-bond acceptors (Lipinski definition) is 3. The number of nitrogens with zero attached hydrogens (tertiary/aromatic N) is 1. The van der Waals surface area contributed by atoms with Crippen LogP contribution in [0.25, 0.3) is 0 Å². The molecule has 0 aliphatic rings. The third-order valence-corrected chi connectivity index (χ3v) is 3.85. The Morgan fingerprint density at radius 3 is 2.44 bits per heavy atom. The zero-order valence-corrected chi connectivity index (χ0v) is 10.8. The minimum absolute atomic E-state index is 0.0613. The molecule has 0 unspecified atom stereocenters. The lowest BCUT2D eigenvalue weighted by atomic mass is 10.0. The van der Waals surface area contributed by atoms with E-state index < -0.39 is 9.05 Å². The fourth-order valence-electron chi connectivity index (χ4n) is 1.36. The molecule has 0 spiro atoms. The molecule has 0 N–H and O–H groups in total. The van der Waals surface area contributed by atoms with Crippen molar-refractivity contribution in [2.45, 2.75) is 24.1 Å². The van der Waals surface area contributed by atoms with Crippen molar-refractivity contribution in [2.75, 3.05) is 0 Å². The smallest absolute Gasteiger partial charge is 0.207 e. The van der Waals surface area contributed by atoms with Crippen LogP contribution in [0.3, 0.4) is 0 Å². The Hall–Kier alpha value is -0.760. The van der Waals surface area contributed by atoms with Gasteiger partial charge in [0, 0.05) is 16.2 Å². The van der Waals surface area contributed by atoms with Crippen molar-refractivity contribution in [1.29, 1.82) is 5.26 Å². The van der Waals surface area contributed by atoms with Crippen molar-refractivity contribution in [3.05, 3.63) is 28.8 Å². The molecular formula is C10H9Cl2NO2S. The molecule has 16 heavy (non-hydrogen) atoms. The summed E-state index contributed by atoms with van der Waals surface area (Å²) in [6.45, 7) is 1.86. The number of alkyl halides is 1. The van der Waals surface area contributed by atoms with Gasteiger partial charge in [0.1, 0.15) is 0 Å². The first-order chi connectivity index (χ1) is 7.43. The quantitative estimate of drug-likeness (QED) is 0.631. The summed E-state index contributed by atoms with van der Waals surface area (Å²) in [5.74, 6) is -0.0613. The van der Waals surface area contributed by atoms with Gasteiger partial charge in [0.05, 0.1) is 22.4 Å². The molecule has 0 bridgehead atoms. The standard InChI is InChI=1S/C10H9Cl2NO2S/c1-2-7-3-8(6-13)9(5-11)10(4-7)16(12,14)15/h3-4H,2,5H2,1H3. The van der Waals surface area contributed by atoms with Gasteiger partial charge in [0.25, 0.3) is 9.05 Å². The normalized spacial score (nSPS) is 11.1. The van der Waals surface area contributed by atoms with Gasteiger partial charge in [-0.1, -0.05) is 6.92 Å². The van der Waals surface area contributed by atoms with Crippen molar-refractivity contribution >= 4 is 31.3 Å². The zero-order valence-electron chi connectivity index (χ0n) is 8.50. The molecule has 3 nitrogen and oxygen atoms in total. The molecule has 0 fully saturated rings. The van der Waals surface area contributed by atoms with E-state index in [1.807, 2.05) is 13.0 Å². The summed E-state index contributed by atoms with van der Waals surface area (Å²) < 4.78 is 22.7. The molecule has 1 aromatic carbocycles. The van der Waals surface area contributed by atoms with E-state index in [-0.39, 0.29) is 21.9 Å². The largest absolute Gasteiger partial charge is 0.261 e. The summed E-state index contributed by atoms with van der Waals surface area (Å²) >= 11 is 5.64. The van der Waals surface area contributed by atoms with Gasteiger partial charge < -0.3 is 0 Å². The molecule has 0 saturated heterocycles. The highest BCUT2D eigenvalue weighted by atomic mass is 35.7. The second kappa shape index (κ2) is 5.05. The highest BCUT2D eigenvalue weighted by Gasteiger charge is 2.19. The number of benzene rings is 1. The summed E-state index contributed by atoms with van der Waals surface area (Å²) in [6, 6.07) is 5.01. The van der Waals surface area contributed by atoms with E-state index in [9.17, 15) is 8.42 Å². The van der Waals surface area contributed by atoms with E-state index >= 15 is 0 Å². The predicted molar refractivity (Wildman–Crippen MR) is 63.1 cm³/mol. The SMILES string of the molecule is CCc1cc(C#N)c(CCl)c(S(=O)(=O)Cl)c1. The van der Waals surface area contributed by atoms with Crippen LogP contribution in [0, 0.1) is 11.3 Å². The molecule has 6 heteroatoms. The molecule has 0 aromatic heterocycles. The number of rotatable bonds is 3. The van der Waals surface area contributed by atoms with Crippen LogP contribution in [0.5, 0.6) is 0 Å². The minimum Gasteiger partial charge on any atom is -0.207 e. The van der Waals surface area contributed by atoms with Crippen molar-refractivity contribution in [3.63, 3.8) is 0 Å². The number of halogens is 2. The van der Waals surface area contributed by atoms with Crippen molar-refractivity contribution in [3.8, 4) is 6.07 Å². The van der Waals surface area contributed by atoms with E-state index in [2.05, 4.69) is 0 Å². The molecule has 0 heterocycles. The summed E-state index contributed by atoms with van der Waals surface area (Å²) in [5.41, 5.74) is 1.26. The Bertz CT molecular complexity index is 547. The third kappa shape index (κ3) is 2.67. The van der Waals surface area contributed by atoms with Crippen molar-refractivity contribution in [1.82, 2.24) is 0 Å². The Balaban J connectivity index is 3.65. The molecule has 0 radical (unpaired) electrons. The first kappa shape index (κ1) is 13.3. The highest BCUT2D eigenvalue weighted by molar-refractivity contribution is 8.13. The monoisotopic (exact) mass is 277 g/mol. The van der Waals surface area contributed by atoms with E-state index in [4.69, 9.17) is 27.5 Å². The molecule has 0 atom stereocenters. The zero-order chi connectivity index (χ0) is 12.3. The maximum atomic E-state index is 11.3. The fraction of sp³-hybridized carbons (Fsp3) is 0.300. The van der Waals surface area contributed by atoms with Crippen LogP contribution >= 0.6 is 22.3 Å². The maximum absolute atomic E-state index is 11.3. The lowest BCUT2D eigenvalue weighted by Crippen LogP contribution is -2.01. The summed E-state index contributed by atoms with van der Waals surface area (Å²) in [5, 5.41) is 8.91. The van der Waals surface area contributed by atoms with Gasteiger partial charge >= 0.3 is 0 Å². The third-order valence-electron chi connectivity index (χ3n) is 2.19. The number of nitriles is 1. The molecule has 0 saturated carbocycles. The summed E-state index contributed by atoms with van der Waals surface area (Å²) in [4.78, 5) is -0.0694. The van der Waals surface area contributed by atoms with Crippen LogP contribution in [0.2, 0.25) is 0 Å². The summed E-state index contributed by atoms with van der Waals surface area (Å²) in [7, 11) is 1.43. The van der Waals surface area contributed by atoms with Gasteiger partial charge in [-0.05, 0) is 24.1 Å². The number of hydrogen-bond donors (Lipinski definition) is 0. The average Bonchev–Trinajstić information content (AvgIpc) is 2.25. The van der Waals surface area contributed by atoms with Crippen molar-refractivity contribution in [2.24, 2.45) is 0 Å². The Kier molecular flexibility index (Phi) is 4.20. The van der Waals surface area contributed by atoms with E-state index in [1.54, 1.807) is 6.07 Å². The van der Waals surface area contributed by atoms with Crippen LogP contribution in [0.15, 0.2) is 17.0 Å². The Morgan fingerprint density at radius 2 is 2.06 bits per heavy atom. The van der Waals surface area contributed by atoms with E-state index in [0.29, 0.717) is 6.42 Å². The highest BCUT2D eigenvalue weighted by Crippen LogP contribution is 2.26. The molecule has 0 aliphatic carbocycles. The molecule has 0 amide bonds. The second-order valence-corrected chi connectivity index (χ2v) is 5.96. The molecule has 1 aromatic rings. The summed E-state index contributed by atoms with van der Waals surface area (Å²) in [6.07, 6.45) is 0.622. The minimum atomic E-state index is -3.87. The van der Waals surface area contributed by atoms with Gasteiger partial charge in [0.2, 0.25) is 0 Å². The number of aryl methyl sites for hydroxylation is 1. The van der Waals surface area contributed by atoms with Gasteiger partial charge in [-0.25, -0.2) is 8.42 Å². The van der Waals surface area contributed by atoms with Crippen LogP contribution in [0.4, 0.5) is 0 Å². The molecule has 1 rings (SSSR count). The lowest BCUT2D eigenvalue weighted by Gasteiger charge is -2.08. The van der Waals surface area contributed by atoms with Crippen molar-refractivity contribution < 1.29 is 8.42 Å². The van der Waals surface area contributed by atoms with Crippen LogP contribution in [0.1, 0.15) is 23.6 Å². The van der Waals surface area contributed by atoms with Gasteiger partial charge in [-0.3, -0.25) is 0 Å². The first-order valence-electron chi connectivity index (χ1n) is 4.50. The lowest BCUT2D eigenvalue weighted by molar-refractivity contribution is 0.608. The Morgan fingerprint density at radius 1 is 1.44 bits per heavy atom. The first-order valence-corrected chi connectivity index (χ1v) is 7.35. The second-order valence-electron chi connectivity index (χ2n) is 3.16. The predicted octanol–water partition coefficient (Wildman–Crippen LogP) is 2.79. The average molecular weight is 278 g/mol. The van der Waals surface area contributed by atoms with Gasteiger partial charge in [-0.2, -0.15) is 5.26 Å². The Labute approximate surface area is 104 Å². The molecule has 86 valence electrons. The van der Waals surface area contributed by atoms with Crippen LogP contribution < -0.4 is 0 Å². The van der Waals surface area contributed by atoms with Crippen LogP contribution in [-0.2, 0) is 21.4 Å². The fourth-order valence-corrected chi connectivity index (χ4v) is 2.91. The van der Waals surface area contributed by atoms with Crippen LogP contribution in [-0.4, -0.2) is 8.42 Å². The van der Waals surface area contributed by atoms with E-state index in [0.717, 1.165) is 5.56 Å². The maximum Gasteiger partial charge on any atom is 0.261 e. The van der Waals surface area contributed by atoms with Gasteiger partial charge in [-0.15, -0.1) is 11.6 Å². The van der Waals surface area contributed by atoms with Gasteiger partial charge in [0.15, 0.2) is 0 Å². The van der Waals surface area contributed by atoms with E-state index in [1.165, 1.54) is 6.07 Å².